The van der Waals surface area contributed by atoms with Gasteiger partial charge in [0, 0.05) is 17.9 Å². The first-order valence-corrected chi connectivity index (χ1v) is 7.11. The summed E-state index contributed by atoms with van der Waals surface area (Å²) in [5.41, 5.74) is 1.44. The van der Waals surface area contributed by atoms with E-state index in [0.29, 0.717) is 6.04 Å². The van der Waals surface area contributed by atoms with Gasteiger partial charge in [0.25, 0.3) is 0 Å². The van der Waals surface area contributed by atoms with Gasteiger partial charge in [-0.05, 0) is 49.2 Å². The highest BCUT2D eigenvalue weighted by Crippen LogP contribution is 2.12. The molecule has 0 fully saturated rings. The van der Waals surface area contributed by atoms with Gasteiger partial charge in [-0.1, -0.05) is 15.9 Å². The van der Waals surface area contributed by atoms with E-state index in [9.17, 15) is 0 Å². The first-order chi connectivity index (χ1) is 6.74. The van der Waals surface area contributed by atoms with Gasteiger partial charge in [0.2, 0.25) is 0 Å². The van der Waals surface area contributed by atoms with Crippen LogP contribution in [0.4, 0.5) is 0 Å². The van der Waals surface area contributed by atoms with Gasteiger partial charge < -0.3 is 0 Å². The maximum absolute atomic E-state index is 3.48. The Hall–Kier alpha value is 0.140. The Morgan fingerprint density at radius 1 is 1.50 bits per heavy atom. The summed E-state index contributed by atoms with van der Waals surface area (Å²) in [5, 5.41) is 5.49. The number of thiophene rings is 1. The zero-order valence-electron chi connectivity index (χ0n) is 8.87. The van der Waals surface area contributed by atoms with Gasteiger partial charge >= 0.3 is 0 Å². The molecule has 1 rings (SSSR count). The molecule has 0 bridgehead atoms. The lowest BCUT2D eigenvalue weighted by Crippen LogP contribution is -2.31. The van der Waals surface area contributed by atoms with E-state index in [2.05, 4.69) is 51.5 Å². The van der Waals surface area contributed by atoms with Crippen LogP contribution >= 0.6 is 27.3 Å². The molecule has 0 aromatic carbocycles. The van der Waals surface area contributed by atoms with E-state index in [1.165, 1.54) is 18.5 Å². The van der Waals surface area contributed by atoms with Crippen molar-refractivity contribution in [3.05, 3.63) is 22.4 Å². The Labute approximate surface area is 99.3 Å². The maximum Gasteiger partial charge on any atom is 0.0244 e. The van der Waals surface area contributed by atoms with Gasteiger partial charge in [0.15, 0.2) is 0 Å². The molecule has 1 aromatic heterocycles. The minimum absolute atomic E-state index is 0.633. The van der Waals surface area contributed by atoms with Crippen molar-refractivity contribution >= 4 is 27.3 Å². The molecule has 3 heteroatoms. The SMILES string of the molecule is CC(C)N(CCCBr)Cc1ccsc1. The number of alkyl halides is 1. The molecule has 0 unspecified atom stereocenters. The summed E-state index contributed by atoms with van der Waals surface area (Å²) in [5.74, 6) is 0. The summed E-state index contributed by atoms with van der Waals surface area (Å²) in [4.78, 5) is 2.52. The Kier molecular flexibility index (Phi) is 5.75. The first-order valence-electron chi connectivity index (χ1n) is 5.05. The molecule has 0 spiro atoms. The normalized spacial score (nSPS) is 11.5. The third kappa shape index (κ3) is 4.11. The fourth-order valence-electron chi connectivity index (χ4n) is 1.40. The van der Waals surface area contributed by atoms with Crippen LogP contribution in [-0.4, -0.2) is 22.8 Å². The quantitative estimate of drug-likeness (QED) is 0.715. The number of hydrogen-bond donors (Lipinski definition) is 0. The van der Waals surface area contributed by atoms with Crippen LogP contribution in [0.1, 0.15) is 25.8 Å². The van der Waals surface area contributed by atoms with Crippen LogP contribution in [-0.2, 0) is 6.54 Å². The van der Waals surface area contributed by atoms with Crippen LogP contribution in [0.25, 0.3) is 0 Å². The third-order valence-electron chi connectivity index (χ3n) is 2.28. The predicted octanol–water partition coefficient (Wildman–Crippen LogP) is 3.74. The minimum atomic E-state index is 0.633. The Bertz CT molecular complexity index is 233. The van der Waals surface area contributed by atoms with Gasteiger partial charge in [0.1, 0.15) is 0 Å². The van der Waals surface area contributed by atoms with Crippen LogP contribution in [0.15, 0.2) is 16.8 Å². The lowest BCUT2D eigenvalue weighted by atomic mass is 10.2. The van der Waals surface area contributed by atoms with Crippen LogP contribution in [0.2, 0.25) is 0 Å². The highest BCUT2D eigenvalue weighted by atomic mass is 79.9. The van der Waals surface area contributed by atoms with Crippen molar-refractivity contribution in [2.24, 2.45) is 0 Å². The molecule has 0 N–H and O–H groups in total. The number of nitrogens with zero attached hydrogens (tertiary/aromatic N) is 1. The lowest BCUT2D eigenvalue weighted by molar-refractivity contribution is 0.214. The number of rotatable bonds is 6. The fraction of sp³-hybridized carbons (Fsp3) is 0.636. The fourth-order valence-corrected chi connectivity index (χ4v) is 2.31. The van der Waals surface area contributed by atoms with E-state index in [4.69, 9.17) is 0 Å². The highest BCUT2D eigenvalue weighted by molar-refractivity contribution is 9.09. The zero-order chi connectivity index (χ0) is 10.4. The van der Waals surface area contributed by atoms with Gasteiger partial charge in [-0.15, -0.1) is 0 Å². The van der Waals surface area contributed by atoms with E-state index >= 15 is 0 Å². The molecule has 1 heterocycles. The van der Waals surface area contributed by atoms with E-state index in [0.717, 1.165) is 11.9 Å². The van der Waals surface area contributed by atoms with E-state index in [-0.39, 0.29) is 0 Å². The topological polar surface area (TPSA) is 3.24 Å². The molecule has 14 heavy (non-hydrogen) atoms. The molecule has 80 valence electrons. The van der Waals surface area contributed by atoms with Crippen LogP contribution in [0.3, 0.4) is 0 Å². The molecular formula is C11H18BrNS. The highest BCUT2D eigenvalue weighted by Gasteiger charge is 2.09. The van der Waals surface area contributed by atoms with Crippen molar-refractivity contribution in [3.63, 3.8) is 0 Å². The standard InChI is InChI=1S/C11H18BrNS/c1-10(2)13(6-3-5-12)8-11-4-7-14-9-11/h4,7,9-10H,3,5-6,8H2,1-2H3. The van der Waals surface area contributed by atoms with E-state index < -0.39 is 0 Å². The molecule has 0 atom stereocenters. The molecule has 0 saturated heterocycles. The second kappa shape index (κ2) is 6.59. The van der Waals surface area contributed by atoms with E-state index in [1.54, 1.807) is 11.3 Å². The summed E-state index contributed by atoms with van der Waals surface area (Å²) in [6.07, 6.45) is 1.22. The van der Waals surface area contributed by atoms with Crippen molar-refractivity contribution in [1.29, 1.82) is 0 Å². The minimum Gasteiger partial charge on any atom is -0.297 e. The molecule has 0 aliphatic heterocycles. The molecule has 0 radical (unpaired) electrons. The molecule has 0 aliphatic rings. The lowest BCUT2D eigenvalue weighted by Gasteiger charge is -2.25. The number of halogens is 1. The molecule has 0 amide bonds. The Morgan fingerprint density at radius 3 is 2.79 bits per heavy atom. The second-order valence-corrected chi connectivity index (χ2v) is 5.31. The maximum atomic E-state index is 3.48. The van der Waals surface area contributed by atoms with Gasteiger partial charge in [-0.25, -0.2) is 0 Å². The number of hydrogen-bond acceptors (Lipinski definition) is 2. The van der Waals surface area contributed by atoms with Gasteiger partial charge in [0.05, 0.1) is 0 Å². The largest absolute Gasteiger partial charge is 0.297 e. The summed E-state index contributed by atoms with van der Waals surface area (Å²) < 4.78 is 0. The average molecular weight is 276 g/mol. The molecule has 0 aliphatic carbocycles. The first kappa shape index (κ1) is 12.2. The molecule has 1 aromatic rings. The van der Waals surface area contributed by atoms with Crippen LogP contribution < -0.4 is 0 Å². The third-order valence-corrected chi connectivity index (χ3v) is 3.57. The summed E-state index contributed by atoms with van der Waals surface area (Å²) in [6.45, 7) is 6.80. The van der Waals surface area contributed by atoms with Crippen molar-refractivity contribution in [2.45, 2.75) is 32.9 Å². The zero-order valence-corrected chi connectivity index (χ0v) is 11.3. The smallest absolute Gasteiger partial charge is 0.0244 e. The monoisotopic (exact) mass is 275 g/mol. The Morgan fingerprint density at radius 2 is 2.29 bits per heavy atom. The van der Waals surface area contributed by atoms with Gasteiger partial charge in [-0.2, -0.15) is 11.3 Å². The average Bonchev–Trinajstić information content (AvgIpc) is 2.64. The van der Waals surface area contributed by atoms with Crippen molar-refractivity contribution in [2.75, 3.05) is 11.9 Å². The second-order valence-electron chi connectivity index (χ2n) is 3.74. The van der Waals surface area contributed by atoms with E-state index in [1.807, 2.05) is 0 Å². The predicted molar refractivity (Wildman–Crippen MR) is 68.3 cm³/mol. The van der Waals surface area contributed by atoms with Crippen molar-refractivity contribution in [1.82, 2.24) is 4.90 Å². The van der Waals surface area contributed by atoms with Crippen molar-refractivity contribution < 1.29 is 0 Å². The van der Waals surface area contributed by atoms with Crippen LogP contribution in [0, 0.1) is 0 Å². The summed E-state index contributed by atoms with van der Waals surface area (Å²) in [6, 6.07) is 2.85. The molecular weight excluding hydrogens is 258 g/mol. The van der Waals surface area contributed by atoms with Crippen LogP contribution in [0.5, 0.6) is 0 Å². The van der Waals surface area contributed by atoms with Gasteiger partial charge in [-0.3, -0.25) is 4.90 Å². The summed E-state index contributed by atoms with van der Waals surface area (Å²) in [7, 11) is 0. The molecule has 0 saturated carbocycles. The molecule has 1 nitrogen and oxygen atoms in total. The Balaban J connectivity index is 2.43. The summed E-state index contributed by atoms with van der Waals surface area (Å²) >= 11 is 5.26. The van der Waals surface area contributed by atoms with Crippen molar-refractivity contribution in [3.8, 4) is 0 Å².